The molecule has 0 aliphatic carbocycles. The Balaban J connectivity index is 0.00000261. The van der Waals surface area contributed by atoms with Gasteiger partial charge in [-0.05, 0) is 56.3 Å². The van der Waals surface area contributed by atoms with Crippen molar-refractivity contribution in [1.29, 1.82) is 0 Å². The molecule has 1 aromatic heterocycles. The molecule has 0 spiro atoms. The first-order valence-corrected chi connectivity index (χ1v) is 9.44. The lowest BCUT2D eigenvalue weighted by Crippen LogP contribution is -2.46. The first kappa shape index (κ1) is 21.2. The number of halogens is 1. The third kappa shape index (κ3) is 5.22. The van der Waals surface area contributed by atoms with Gasteiger partial charge in [0.05, 0.1) is 17.0 Å². The van der Waals surface area contributed by atoms with Crippen LogP contribution in [0.3, 0.4) is 0 Å². The summed E-state index contributed by atoms with van der Waals surface area (Å²) in [6.45, 7) is 1.50. The number of piperidine rings is 1. The largest absolute Gasteiger partial charge is 0.497 e. The van der Waals surface area contributed by atoms with Crippen LogP contribution in [0.4, 0.5) is 5.00 Å². The van der Waals surface area contributed by atoms with Crippen molar-refractivity contribution in [1.82, 2.24) is 10.2 Å². The summed E-state index contributed by atoms with van der Waals surface area (Å²) in [4.78, 5) is 27.5. The molecule has 1 aromatic carbocycles. The summed E-state index contributed by atoms with van der Waals surface area (Å²) in [6.07, 6.45) is 2.09. The summed E-state index contributed by atoms with van der Waals surface area (Å²) < 4.78 is 5.09. The van der Waals surface area contributed by atoms with Gasteiger partial charge in [0.2, 0.25) is 0 Å². The molecule has 1 aliphatic rings. The van der Waals surface area contributed by atoms with Gasteiger partial charge in [-0.2, -0.15) is 0 Å². The molecule has 2 aromatic rings. The number of ether oxygens (including phenoxy) is 1. The van der Waals surface area contributed by atoms with E-state index in [1.807, 2.05) is 11.9 Å². The van der Waals surface area contributed by atoms with Crippen molar-refractivity contribution < 1.29 is 14.3 Å². The van der Waals surface area contributed by atoms with Crippen molar-refractivity contribution in [3.05, 3.63) is 46.8 Å². The molecule has 6 nitrogen and oxygen atoms in total. The maximum atomic E-state index is 12.7. The number of carbonyl (C=O) groups excluding carboxylic acids is 2. The summed E-state index contributed by atoms with van der Waals surface area (Å²) in [5.41, 5.74) is 0.542. The van der Waals surface area contributed by atoms with Crippen molar-refractivity contribution in [3.63, 3.8) is 0 Å². The number of likely N-dealkylation sites (N-methyl/N-ethyl adjacent to an activating group) is 1. The number of hydrogen-bond acceptors (Lipinski definition) is 5. The van der Waals surface area contributed by atoms with E-state index < -0.39 is 0 Å². The number of amides is 2. The Hall–Kier alpha value is -2.09. The van der Waals surface area contributed by atoms with Crippen LogP contribution in [0.5, 0.6) is 5.75 Å². The second-order valence-electron chi connectivity index (χ2n) is 6.23. The Morgan fingerprint density at radius 3 is 2.59 bits per heavy atom. The van der Waals surface area contributed by atoms with Crippen molar-refractivity contribution >= 4 is 40.6 Å². The number of hydrogen-bond donors (Lipinski definition) is 2. The molecule has 27 heavy (non-hydrogen) atoms. The number of carbonyl (C=O) groups is 2. The van der Waals surface area contributed by atoms with E-state index in [2.05, 4.69) is 10.6 Å². The van der Waals surface area contributed by atoms with Gasteiger partial charge < -0.3 is 20.3 Å². The van der Waals surface area contributed by atoms with Crippen LogP contribution >= 0.6 is 23.7 Å². The van der Waals surface area contributed by atoms with Crippen LogP contribution in [0.15, 0.2) is 36.4 Å². The number of benzene rings is 1. The highest BCUT2D eigenvalue weighted by atomic mass is 35.5. The Labute approximate surface area is 169 Å². The van der Waals surface area contributed by atoms with Gasteiger partial charge in [-0.3, -0.25) is 9.59 Å². The van der Waals surface area contributed by atoms with Crippen LogP contribution in [0, 0.1) is 0 Å². The van der Waals surface area contributed by atoms with Gasteiger partial charge in [0.15, 0.2) is 0 Å². The third-order valence-corrected chi connectivity index (χ3v) is 5.51. The van der Waals surface area contributed by atoms with Crippen LogP contribution in [0.2, 0.25) is 0 Å². The van der Waals surface area contributed by atoms with Crippen molar-refractivity contribution in [2.45, 2.75) is 18.9 Å². The van der Waals surface area contributed by atoms with E-state index >= 15 is 0 Å². The Kier molecular flexibility index (Phi) is 7.65. The molecule has 2 heterocycles. The fourth-order valence-corrected chi connectivity index (χ4v) is 3.87. The maximum absolute atomic E-state index is 12.7. The second kappa shape index (κ2) is 9.73. The number of thiophene rings is 1. The smallest absolute Gasteiger partial charge is 0.264 e. The molecule has 2 N–H and O–H groups in total. The number of anilines is 1. The standard InChI is InChI=1S/C19H23N3O3S.ClH/c1-20-14-4-3-11-22(12-14)19(24)16-9-10-17(26-16)21-18(23)13-5-7-15(25-2)8-6-13;/h5-10,14,20H,3-4,11-12H2,1-2H3,(H,21,23);1H. The predicted molar refractivity (Wildman–Crippen MR) is 110 cm³/mol. The van der Waals surface area contributed by atoms with Crippen LogP contribution < -0.4 is 15.4 Å². The highest BCUT2D eigenvalue weighted by Gasteiger charge is 2.24. The molecular weight excluding hydrogens is 386 g/mol. The van der Waals surface area contributed by atoms with Crippen LogP contribution in [-0.4, -0.2) is 50.0 Å². The molecule has 0 saturated carbocycles. The van der Waals surface area contributed by atoms with Gasteiger partial charge >= 0.3 is 0 Å². The second-order valence-corrected chi connectivity index (χ2v) is 7.31. The third-order valence-electron chi connectivity index (χ3n) is 4.52. The van der Waals surface area contributed by atoms with E-state index in [9.17, 15) is 9.59 Å². The topological polar surface area (TPSA) is 70.7 Å². The number of methoxy groups -OCH3 is 1. The summed E-state index contributed by atoms with van der Waals surface area (Å²) in [5.74, 6) is 0.522. The lowest BCUT2D eigenvalue weighted by Gasteiger charge is -2.32. The Bertz CT molecular complexity index is 779. The Morgan fingerprint density at radius 2 is 1.93 bits per heavy atom. The summed E-state index contributed by atoms with van der Waals surface area (Å²) in [7, 11) is 3.51. The quantitative estimate of drug-likeness (QED) is 0.795. The lowest BCUT2D eigenvalue weighted by molar-refractivity contribution is 0.0703. The van der Waals surface area contributed by atoms with Crippen LogP contribution in [0.25, 0.3) is 0 Å². The zero-order chi connectivity index (χ0) is 18.5. The van der Waals surface area contributed by atoms with Crippen LogP contribution in [-0.2, 0) is 0 Å². The molecule has 1 saturated heterocycles. The molecule has 1 fully saturated rings. The van der Waals surface area contributed by atoms with Gasteiger partial charge in [-0.15, -0.1) is 23.7 Å². The van der Waals surface area contributed by atoms with Gasteiger partial charge in [0.25, 0.3) is 11.8 Å². The van der Waals surface area contributed by atoms with E-state index in [1.165, 1.54) is 11.3 Å². The summed E-state index contributed by atoms with van der Waals surface area (Å²) in [5, 5.41) is 6.75. The van der Waals surface area contributed by atoms with Gasteiger partial charge in [0.1, 0.15) is 5.75 Å². The number of rotatable bonds is 5. The van der Waals surface area contributed by atoms with Gasteiger partial charge in [-0.1, -0.05) is 0 Å². The fraction of sp³-hybridized carbons (Fsp3) is 0.368. The summed E-state index contributed by atoms with van der Waals surface area (Å²) >= 11 is 1.31. The predicted octanol–water partition coefficient (Wildman–Crippen LogP) is 3.25. The number of nitrogens with one attached hydrogen (secondary N) is 2. The molecule has 1 atom stereocenters. The molecule has 0 bridgehead atoms. The first-order chi connectivity index (χ1) is 12.6. The monoisotopic (exact) mass is 409 g/mol. The fourth-order valence-electron chi connectivity index (χ4n) is 3.00. The number of nitrogens with zero attached hydrogens (tertiary/aromatic N) is 1. The van der Waals surface area contributed by atoms with Crippen molar-refractivity contribution in [3.8, 4) is 5.75 Å². The molecule has 8 heteroatoms. The Morgan fingerprint density at radius 1 is 1.19 bits per heavy atom. The average molecular weight is 410 g/mol. The highest BCUT2D eigenvalue weighted by Crippen LogP contribution is 2.25. The lowest BCUT2D eigenvalue weighted by atomic mass is 10.1. The molecule has 1 unspecified atom stereocenters. The first-order valence-electron chi connectivity index (χ1n) is 8.62. The normalized spacial score (nSPS) is 16.4. The van der Waals surface area contributed by atoms with Crippen LogP contribution in [0.1, 0.15) is 32.9 Å². The average Bonchev–Trinajstić information content (AvgIpc) is 3.15. The molecular formula is C19H24ClN3O3S. The van der Waals surface area contributed by atoms with E-state index in [0.29, 0.717) is 27.2 Å². The van der Waals surface area contributed by atoms with E-state index in [4.69, 9.17) is 4.74 Å². The molecule has 146 valence electrons. The minimum absolute atomic E-state index is 0. The maximum Gasteiger partial charge on any atom is 0.264 e. The van der Waals surface area contributed by atoms with Crippen molar-refractivity contribution in [2.75, 3.05) is 32.6 Å². The molecule has 0 radical (unpaired) electrons. The number of likely N-dealkylation sites (tertiary alicyclic amines) is 1. The van der Waals surface area contributed by atoms with E-state index in [-0.39, 0.29) is 24.2 Å². The minimum atomic E-state index is -0.207. The zero-order valence-corrected chi connectivity index (χ0v) is 17.0. The van der Waals surface area contributed by atoms with Gasteiger partial charge in [-0.25, -0.2) is 0 Å². The SMILES string of the molecule is CNC1CCCN(C(=O)c2ccc(NC(=O)c3ccc(OC)cc3)s2)C1.Cl. The van der Waals surface area contributed by atoms with E-state index in [1.54, 1.807) is 43.5 Å². The minimum Gasteiger partial charge on any atom is -0.497 e. The van der Waals surface area contributed by atoms with Crippen molar-refractivity contribution in [2.24, 2.45) is 0 Å². The molecule has 1 aliphatic heterocycles. The summed E-state index contributed by atoms with van der Waals surface area (Å²) in [6, 6.07) is 10.8. The van der Waals surface area contributed by atoms with Gasteiger partial charge in [0, 0.05) is 24.7 Å². The highest BCUT2D eigenvalue weighted by molar-refractivity contribution is 7.18. The van der Waals surface area contributed by atoms with E-state index in [0.717, 1.165) is 25.9 Å². The molecule has 3 rings (SSSR count). The molecule has 2 amide bonds. The zero-order valence-electron chi connectivity index (χ0n) is 15.4.